The van der Waals surface area contributed by atoms with Crippen molar-refractivity contribution in [2.24, 2.45) is 0 Å². The molecule has 0 aliphatic carbocycles. The minimum absolute atomic E-state index is 0.539. The Labute approximate surface area is 468 Å². The van der Waals surface area contributed by atoms with Crippen LogP contribution in [0.3, 0.4) is 0 Å². The van der Waals surface area contributed by atoms with Gasteiger partial charge in [0.2, 0.25) is 5.89 Å². The van der Waals surface area contributed by atoms with Crippen molar-refractivity contribution in [3.8, 4) is 51.0 Å². The molecule has 0 bridgehead atoms. The molecule has 0 spiro atoms. The first-order chi connectivity index (χ1) is 40.7. The van der Waals surface area contributed by atoms with Crippen LogP contribution in [0, 0.1) is 0 Å². The molecule has 0 saturated heterocycles. The summed E-state index contributed by atoms with van der Waals surface area (Å²) in [4.78, 5) is 10.8. The van der Waals surface area contributed by atoms with Gasteiger partial charge in [-0.1, -0.05) is 176 Å². The maximum atomic E-state index is 7.19. The van der Waals surface area contributed by atoms with Crippen molar-refractivity contribution < 1.29 is 4.42 Å². The summed E-state index contributed by atoms with van der Waals surface area (Å²) in [6.45, 7) is 0. The summed E-state index contributed by atoms with van der Waals surface area (Å²) in [5.41, 5.74) is 20.4. The molecule has 0 amide bonds. The Morgan fingerprint density at radius 2 is 0.732 bits per heavy atom. The van der Waals surface area contributed by atoms with E-state index in [1.54, 1.807) is 0 Å². The second kappa shape index (κ2) is 17.1. The molecule has 18 aromatic rings. The van der Waals surface area contributed by atoms with E-state index >= 15 is 0 Å². The molecule has 0 radical (unpaired) electrons. The van der Waals surface area contributed by atoms with Crippen LogP contribution in [0.25, 0.3) is 160 Å². The van der Waals surface area contributed by atoms with Gasteiger partial charge in [-0.3, -0.25) is 4.57 Å². The van der Waals surface area contributed by atoms with Crippen LogP contribution >= 0.6 is 0 Å². The lowest BCUT2D eigenvalue weighted by Crippen LogP contribution is -2.00. The number of aromatic nitrogens is 7. The highest BCUT2D eigenvalue weighted by Crippen LogP contribution is 2.47. The van der Waals surface area contributed by atoms with Gasteiger partial charge >= 0.3 is 0 Å². The minimum Gasteiger partial charge on any atom is -0.436 e. The van der Waals surface area contributed by atoms with Crippen molar-refractivity contribution in [1.29, 1.82) is 0 Å². The molecule has 0 aliphatic heterocycles. The highest BCUT2D eigenvalue weighted by atomic mass is 16.3. The van der Waals surface area contributed by atoms with Gasteiger partial charge in [-0.15, -0.1) is 0 Å². The molecule has 82 heavy (non-hydrogen) atoms. The monoisotopic (exact) mass is 1050 g/mol. The average Bonchev–Trinajstić information content (AvgIpc) is 2.99. The van der Waals surface area contributed by atoms with Crippen LogP contribution in [0.5, 0.6) is 0 Å². The summed E-state index contributed by atoms with van der Waals surface area (Å²) in [7, 11) is 0. The first-order valence-corrected chi connectivity index (χ1v) is 27.8. The van der Waals surface area contributed by atoms with Gasteiger partial charge in [0, 0.05) is 65.7 Å². The predicted molar refractivity (Wildman–Crippen MR) is 337 cm³/mol. The molecule has 0 atom stereocenters. The van der Waals surface area contributed by atoms with E-state index in [1.807, 2.05) is 12.4 Å². The second-order valence-electron chi connectivity index (χ2n) is 21.3. The van der Waals surface area contributed by atoms with Gasteiger partial charge in [0.15, 0.2) is 5.58 Å². The largest absolute Gasteiger partial charge is 0.436 e. The van der Waals surface area contributed by atoms with Crippen molar-refractivity contribution >= 4 is 109 Å². The van der Waals surface area contributed by atoms with Crippen LogP contribution in [0.15, 0.2) is 278 Å². The summed E-state index contributed by atoms with van der Waals surface area (Å²) < 4.78 is 19.1. The van der Waals surface area contributed by atoms with Gasteiger partial charge in [0.1, 0.15) is 17.4 Å². The van der Waals surface area contributed by atoms with E-state index < -0.39 is 0 Å². The highest BCUT2D eigenvalue weighted by Gasteiger charge is 2.27. The normalized spacial score (nSPS) is 12.1. The zero-order valence-electron chi connectivity index (χ0n) is 44.0. The Morgan fingerprint density at radius 1 is 0.280 bits per heavy atom. The number of para-hydroxylation sites is 7. The number of fused-ring (bicyclic) bond motifs is 16. The Balaban J connectivity index is 0.913. The Morgan fingerprint density at radius 3 is 1.32 bits per heavy atom. The van der Waals surface area contributed by atoms with Crippen LogP contribution < -0.4 is 0 Å². The minimum atomic E-state index is 0.539. The third-order valence-electron chi connectivity index (χ3n) is 17.0. The molecule has 0 unspecified atom stereocenters. The van der Waals surface area contributed by atoms with E-state index in [2.05, 4.69) is 284 Å². The highest BCUT2D eigenvalue weighted by molar-refractivity contribution is 6.26. The third kappa shape index (κ3) is 6.31. The van der Waals surface area contributed by atoms with Gasteiger partial charge in [-0.25, -0.2) is 9.97 Å². The quantitative estimate of drug-likeness (QED) is 0.160. The molecular weight excluding hydrogens is 1000 g/mol. The van der Waals surface area contributed by atoms with Gasteiger partial charge in [0.05, 0.1) is 61.0 Å². The van der Waals surface area contributed by atoms with Crippen molar-refractivity contribution in [3.63, 3.8) is 0 Å². The van der Waals surface area contributed by atoms with E-state index in [9.17, 15) is 0 Å². The Kier molecular flexibility index (Phi) is 9.35. The van der Waals surface area contributed by atoms with Crippen LogP contribution in [-0.2, 0) is 0 Å². The summed E-state index contributed by atoms with van der Waals surface area (Å²) in [6, 6.07) is 95.7. The van der Waals surface area contributed by atoms with Crippen molar-refractivity contribution in [2.45, 2.75) is 0 Å². The Hall–Kier alpha value is -11.2. The number of hydrogen-bond acceptors (Lipinski definition) is 3. The second-order valence-corrected chi connectivity index (χ2v) is 21.3. The lowest BCUT2D eigenvalue weighted by molar-refractivity contribution is 0.620. The molecular formula is C74H45N7O. The number of oxazole rings is 1. The molecule has 0 aliphatic rings. The zero-order valence-corrected chi connectivity index (χ0v) is 44.0. The molecule has 0 fully saturated rings. The first-order valence-electron chi connectivity index (χ1n) is 27.8. The standard InChI is InChI=1S/C74H45N7O/c1-5-20-46(21-6-1)48-43-66(81-62-33-18-15-30-54(62)58-39-38-56-52-28-13-16-31-60(52)78(70(56)73(58)81)50-24-9-3-10-25-50)69-67(44-48)82-74(76-69)47-36-37-55-59-41-40-57-53-29-14-17-32-61(53)80(72(57)71(59)79(65(55)42-47)51-26-11-4-12-27-51)64-35-19-34-63-68(64)75-45-77(63)49-22-7-2-8-23-49/h1-45H. The van der Waals surface area contributed by atoms with E-state index in [1.165, 1.54) is 16.2 Å². The molecule has 18 rings (SSSR count). The van der Waals surface area contributed by atoms with Gasteiger partial charge in [-0.2, -0.15) is 0 Å². The first kappa shape index (κ1) is 44.7. The van der Waals surface area contributed by atoms with E-state index in [0.717, 1.165) is 133 Å². The van der Waals surface area contributed by atoms with Crippen molar-refractivity contribution in [1.82, 2.24) is 32.8 Å². The van der Waals surface area contributed by atoms with E-state index in [-0.39, 0.29) is 0 Å². The number of nitrogens with zero attached hydrogens (tertiary/aromatic N) is 7. The van der Waals surface area contributed by atoms with Crippen LogP contribution in [0.4, 0.5) is 0 Å². The smallest absolute Gasteiger partial charge is 0.227 e. The third-order valence-corrected chi connectivity index (χ3v) is 17.0. The number of benzene rings is 12. The lowest BCUT2D eigenvalue weighted by atomic mass is 10.0. The van der Waals surface area contributed by atoms with Gasteiger partial charge < -0.3 is 22.7 Å². The number of rotatable bonds is 7. The fourth-order valence-electron chi connectivity index (χ4n) is 13.5. The zero-order chi connectivity index (χ0) is 53.6. The average molecular weight is 1050 g/mol. The van der Waals surface area contributed by atoms with Gasteiger partial charge in [0.25, 0.3) is 0 Å². The molecule has 0 saturated carbocycles. The Bertz CT molecular complexity index is 5620. The maximum Gasteiger partial charge on any atom is 0.227 e. The number of imidazole rings is 1. The van der Waals surface area contributed by atoms with Crippen LogP contribution in [0.2, 0.25) is 0 Å². The lowest BCUT2D eigenvalue weighted by Gasteiger charge is -2.14. The molecule has 12 aromatic carbocycles. The van der Waals surface area contributed by atoms with Crippen LogP contribution in [-0.4, -0.2) is 32.8 Å². The van der Waals surface area contributed by atoms with E-state index in [0.29, 0.717) is 11.5 Å². The molecule has 0 N–H and O–H groups in total. The summed E-state index contributed by atoms with van der Waals surface area (Å²) in [6.07, 6.45) is 1.94. The van der Waals surface area contributed by atoms with Crippen molar-refractivity contribution in [2.75, 3.05) is 0 Å². The topological polar surface area (TPSA) is 63.6 Å². The van der Waals surface area contributed by atoms with E-state index in [4.69, 9.17) is 14.4 Å². The maximum absolute atomic E-state index is 7.19. The van der Waals surface area contributed by atoms with Gasteiger partial charge in [-0.05, 0) is 102 Å². The molecule has 8 heteroatoms. The number of hydrogen-bond donors (Lipinski definition) is 0. The predicted octanol–water partition coefficient (Wildman–Crippen LogP) is 18.9. The molecule has 382 valence electrons. The summed E-state index contributed by atoms with van der Waals surface area (Å²) >= 11 is 0. The van der Waals surface area contributed by atoms with Crippen LogP contribution in [0.1, 0.15) is 0 Å². The summed E-state index contributed by atoms with van der Waals surface area (Å²) in [5.74, 6) is 0.539. The SMILES string of the molecule is c1ccc(-c2cc(-n3c4ccccc4c4ccc5c6ccccc6n(-c6ccccc6)c5c43)c3nc(-c4ccc5c6ccc7c8ccccc8n(-c8cccc9c8ncn9-c8ccccc8)c7c6n(-c6ccccc6)c5c4)oc3c2)cc1. The van der Waals surface area contributed by atoms with Crippen molar-refractivity contribution in [3.05, 3.63) is 273 Å². The fourth-order valence-corrected chi connectivity index (χ4v) is 13.5. The molecule has 8 nitrogen and oxygen atoms in total. The summed E-state index contributed by atoms with van der Waals surface area (Å²) in [5, 5.41) is 9.31. The fraction of sp³-hybridized carbons (Fsp3) is 0. The molecule has 6 heterocycles. The molecule has 6 aromatic heterocycles.